The zero-order chi connectivity index (χ0) is 34.0. The van der Waals surface area contributed by atoms with Gasteiger partial charge in [-0.1, -0.05) is 55.8 Å². The van der Waals surface area contributed by atoms with Crippen LogP contribution in [0.5, 0.6) is 5.75 Å². The predicted octanol–water partition coefficient (Wildman–Crippen LogP) is 5.18. The second kappa shape index (κ2) is 14.1. The van der Waals surface area contributed by atoms with E-state index in [1.54, 1.807) is 0 Å². The van der Waals surface area contributed by atoms with Crippen LogP contribution in [0.4, 0.5) is 5.69 Å². The number of ether oxygens (including phenoxy) is 1. The first-order valence-corrected chi connectivity index (χ1v) is 17.3. The number of carboxylic acids is 1. The zero-order valence-electron chi connectivity index (χ0n) is 28.7. The van der Waals surface area contributed by atoms with Gasteiger partial charge in [-0.25, -0.2) is 0 Å². The van der Waals surface area contributed by atoms with Crippen LogP contribution in [0.25, 0.3) is 0 Å². The van der Waals surface area contributed by atoms with E-state index in [9.17, 15) is 19.5 Å². The number of rotatable bonds is 13. The minimum atomic E-state index is -0.872. The van der Waals surface area contributed by atoms with Crippen molar-refractivity contribution in [1.29, 1.82) is 0 Å². The van der Waals surface area contributed by atoms with Gasteiger partial charge in [-0.3, -0.25) is 19.3 Å². The summed E-state index contributed by atoms with van der Waals surface area (Å²) in [5, 5.41) is 10.7. The summed E-state index contributed by atoms with van der Waals surface area (Å²) in [6.07, 6.45) is 3.08. The Labute approximate surface area is 284 Å². The van der Waals surface area contributed by atoms with Crippen LogP contribution < -0.4 is 9.64 Å². The van der Waals surface area contributed by atoms with E-state index in [2.05, 4.69) is 51.2 Å². The summed E-state index contributed by atoms with van der Waals surface area (Å²) in [4.78, 5) is 46.5. The molecule has 0 aliphatic carbocycles. The molecule has 0 radical (unpaired) electrons. The fraction of sp³-hybridized carbons (Fsp3) is 0.462. The number of carboxylic acid groups (broad SMARTS) is 1. The molecule has 9 heteroatoms. The number of aliphatic carboxylic acids is 1. The van der Waals surface area contributed by atoms with E-state index in [4.69, 9.17) is 4.74 Å². The van der Waals surface area contributed by atoms with Gasteiger partial charge in [-0.15, -0.1) is 0 Å². The molecule has 0 saturated carbocycles. The monoisotopic (exact) mass is 653 g/mol. The quantitative estimate of drug-likeness (QED) is 0.256. The molecule has 1 fully saturated rings. The lowest BCUT2D eigenvalue weighted by Crippen LogP contribution is -2.45. The van der Waals surface area contributed by atoms with Gasteiger partial charge in [0, 0.05) is 61.4 Å². The highest BCUT2D eigenvalue weighted by molar-refractivity contribution is 5.98. The fourth-order valence-electron chi connectivity index (χ4n) is 7.75. The Kier molecular flexibility index (Phi) is 9.90. The highest BCUT2D eigenvalue weighted by atomic mass is 16.5. The van der Waals surface area contributed by atoms with Gasteiger partial charge in [0.15, 0.2) is 0 Å². The third kappa shape index (κ3) is 7.27. The highest BCUT2D eigenvalue weighted by Crippen LogP contribution is 2.41. The van der Waals surface area contributed by atoms with Crippen molar-refractivity contribution in [3.8, 4) is 5.75 Å². The van der Waals surface area contributed by atoms with Crippen LogP contribution in [0.15, 0.2) is 66.7 Å². The maximum atomic E-state index is 14.3. The Morgan fingerprint density at radius 3 is 2.58 bits per heavy atom. The Morgan fingerprint density at radius 2 is 1.83 bits per heavy atom. The topological polar surface area (TPSA) is 90.4 Å². The van der Waals surface area contributed by atoms with E-state index in [1.807, 2.05) is 58.3 Å². The van der Waals surface area contributed by atoms with Crippen LogP contribution in [0.2, 0.25) is 0 Å². The molecule has 0 aromatic heterocycles. The number of likely N-dealkylation sites (tertiary alicyclic amines) is 1. The summed E-state index contributed by atoms with van der Waals surface area (Å²) in [5.41, 5.74) is 5.81. The molecule has 2 amide bonds. The van der Waals surface area contributed by atoms with Gasteiger partial charge in [0.05, 0.1) is 40.2 Å². The average Bonchev–Trinajstić information content (AvgIpc) is 3.75. The van der Waals surface area contributed by atoms with Crippen LogP contribution >= 0.6 is 0 Å². The van der Waals surface area contributed by atoms with Crippen molar-refractivity contribution >= 4 is 23.5 Å². The van der Waals surface area contributed by atoms with Crippen LogP contribution in [-0.2, 0) is 29.1 Å². The Balaban J connectivity index is 1.28. The molecule has 3 aromatic rings. The van der Waals surface area contributed by atoms with Gasteiger partial charge in [-0.2, -0.15) is 0 Å². The molecular formula is C39H49N4O5+. The molecular weight excluding hydrogens is 604 g/mol. The third-order valence-electron chi connectivity index (χ3n) is 10.0. The first-order valence-electron chi connectivity index (χ1n) is 17.3. The number of quaternary nitrogens is 1. The minimum absolute atomic E-state index is 0.0206. The first kappa shape index (κ1) is 33.7. The van der Waals surface area contributed by atoms with Gasteiger partial charge in [0.2, 0.25) is 5.91 Å². The van der Waals surface area contributed by atoms with Crippen molar-refractivity contribution in [1.82, 2.24) is 9.80 Å². The number of unbranched alkanes of at least 4 members (excludes halogenated alkanes) is 1. The van der Waals surface area contributed by atoms with Crippen molar-refractivity contribution in [2.45, 2.75) is 57.7 Å². The number of anilines is 1. The van der Waals surface area contributed by atoms with Crippen molar-refractivity contribution in [2.75, 3.05) is 58.8 Å². The molecule has 3 aliphatic heterocycles. The maximum Gasteiger partial charge on any atom is 0.308 e. The molecule has 3 aliphatic rings. The molecule has 0 spiro atoms. The third-order valence-corrected chi connectivity index (χ3v) is 10.0. The molecule has 0 bridgehead atoms. The van der Waals surface area contributed by atoms with Crippen LogP contribution in [0.1, 0.15) is 64.7 Å². The van der Waals surface area contributed by atoms with E-state index in [1.165, 1.54) is 0 Å². The number of amides is 2. The molecule has 3 unspecified atom stereocenters. The van der Waals surface area contributed by atoms with Crippen LogP contribution in [0.3, 0.4) is 0 Å². The minimum Gasteiger partial charge on any atom is -0.493 e. The zero-order valence-corrected chi connectivity index (χ0v) is 28.7. The second-order valence-corrected chi connectivity index (χ2v) is 14.6. The number of hydrogen-bond acceptors (Lipinski definition) is 5. The van der Waals surface area contributed by atoms with Crippen molar-refractivity contribution in [2.24, 2.45) is 5.92 Å². The SMILES string of the molecule is CCCCN(C(=O)CN1CC(c2ccc3c(c2)CCO3)C(C(=O)O)C1CCN1Cc2ccccc2C1=O)c1cccc(C[N+](C)(C)C)c1. The Morgan fingerprint density at radius 1 is 1.02 bits per heavy atom. The average molecular weight is 654 g/mol. The van der Waals surface area contributed by atoms with Crippen LogP contribution in [-0.4, -0.2) is 97.1 Å². The first-order chi connectivity index (χ1) is 23.0. The summed E-state index contributed by atoms with van der Waals surface area (Å²) in [6.45, 7) is 5.68. The van der Waals surface area contributed by atoms with Crippen molar-refractivity contribution < 1.29 is 28.7 Å². The molecule has 254 valence electrons. The lowest BCUT2D eigenvalue weighted by Gasteiger charge is -2.31. The van der Waals surface area contributed by atoms with Crippen LogP contribution in [0, 0.1) is 5.92 Å². The van der Waals surface area contributed by atoms with Crippen molar-refractivity contribution in [3.05, 3.63) is 94.5 Å². The number of hydrogen-bond donors (Lipinski definition) is 1. The summed E-state index contributed by atoms with van der Waals surface area (Å²) in [5.74, 6) is -1.09. The molecule has 1 N–H and O–H groups in total. The highest BCUT2D eigenvalue weighted by Gasteiger charge is 2.47. The van der Waals surface area contributed by atoms with E-state index in [0.717, 1.165) is 64.0 Å². The molecule has 3 heterocycles. The van der Waals surface area contributed by atoms with Gasteiger partial charge in [0.25, 0.3) is 5.91 Å². The van der Waals surface area contributed by atoms with Crippen molar-refractivity contribution in [3.63, 3.8) is 0 Å². The van der Waals surface area contributed by atoms with Gasteiger partial charge >= 0.3 is 5.97 Å². The van der Waals surface area contributed by atoms with E-state index in [0.29, 0.717) is 44.8 Å². The largest absolute Gasteiger partial charge is 0.493 e. The Hall–Kier alpha value is -4.21. The molecule has 3 aromatic carbocycles. The molecule has 6 rings (SSSR count). The van der Waals surface area contributed by atoms with E-state index in [-0.39, 0.29) is 24.3 Å². The van der Waals surface area contributed by atoms with E-state index >= 15 is 0 Å². The summed E-state index contributed by atoms with van der Waals surface area (Å²) in [7, 11) is 6.45. The van der Waals surface area contributed by atoms with Gasteiger partial charge < -0.3 is 24.1 Å². The summed E-state index contributed by atoms with van der Waals surface area (Å²) < 4.78 is 6.51. The lowest BCUT2D eigenvalue weighted by atomic mass is 9.83. The summed E-state index contributed by atoms with van der Waals surface area (Å²) >= 11 is 0. The number of nitrogens with zero attached hydrogens (tertiary/aromatic N) is 4. The predicted molar refractivity (Wildman–Crippen MR) is 186 cm³/mol. The maximum absolute atomic E-state index is 14.3. The summed E-state index contributed by atoms with van der Waals surface area (Å²) in [6, 6.07) is 21.5. The standard InChI is InChI=1S/C39H48N4O5/c1-5-6-18-42(31-12-9-10-27(21-31)26-43(2,3)4)36(44)25-41-24-33(28-14-15-35-29(22-28)17-20-48-35)37(39(46)47)34(41)16-19-40-23-30-11-7-8-13-32(30)38(40)45/h7-15,21-22,33-34,37H,5-6,16-20,23-26H2,1-4H3/p+1. The number of carbonyl (C=O) groups excluding carboxylic acids is 2. The smallest absolute Gasteiger partial charge is 0.308 e. The fourth-order valence-corrected chi connectivity index (χ4v) is 7.75. The number of carbonyl (C=O) groups is 3. The van der Waals surface area contributed by atoms with Gasteiger partial charge in [0.1, 0.15) is 12.3 Å². The molecule has 1 saturated heterocycles. The lowest BCUT2D eigenvalue weighted by molar-refractivity contribution is -0.884. The normalized spacial score (nSPS) is 20.5. The second-order valence-electron chi connectivity index (χ2n) is 14.6. The molecule has 9 nitrogen and oxygen atoms in total. The molecule has 3 atom stereocenters. The van der Waals surface area contributed by atoms with Gasteiger partial charge in [-0.05, 0) is 53.8 Å². The number of fused-ring (bicyclic) bond motifs is 2. The number of benzene rings is 3. The Bertz CT molecular complexity index is 1670. The molecule has 48 heavy (non-hydrogen) atoms. The van der Waals surface area contributed by atoms with E-state index < -0.39 is 17.9 Å².